The molecule has 4 heterocycles. The highest BCUT2D eigenvalue weighted by molar-refractivity contribution is 5.99. The van der Waals surface area contributed by atoms with Crippen molar-refractivity contribution in [3.8, 4) is 0 Å². The normalized spacial score (nSPS) is 32.4. The number of aliphatic hydroxyl groups is 1. The first-order valence-corrected chi connectivity index (χ1v) is 11.3. The lowest BCUT2D eigenvalue weighted by Gasteiger charge is -2.33. The van der Waals surface area contributed by atoms with Gasteiger partial charge >= 0.3 is 0 Å². The molecule has 3 N–H and O–H groups in total. The fourth-order valence-corrected chi connectivity index (χ4v) is 6.20. The number of carbonyl (C=O) groups excluding carboxylic acids is 3. The van der Waals surface area contributed by atoms with Gasteiger partial charge in [-0.1, -0.05) is 24.3 Å². The number of fused-ring (bicyclic) bond motifs is 2. The second-order valence-electron chi connectivity index (χ2n) is 8.98. The van der Waals surface area contributed by atoms with Crippen LogP contribution in [0, 0.1) is 11.8 Å². The molecule has 2 bridgehead atoms. The predicted octanol–water partition coefficient (Wildman–Crippen LogP) is -0.602. The molecule has 1 spiro atoms. The van der Waals surface area contributed by atoms with Crippen LogP contribution in [0.1, 0.15) is 26.2 Å². The molecule has 3 amide bonds. The van der Waals surface area contributed by atoms with Crippen LogP contribution >= 0.6 is 0 Å². The fraction of sp³-hybridized carbons (Fsp3) is 0.591. The summed E-state index contributed by atoms with van der Waals surface area (Å²) in [5, 5.41) is 23.4. The SMILES string of the molecule is CC[C@@]12CCC3(O1)C(C(=O)NCn1nnc4ccccc41)N(CCO)C(=O)[C@@H]3[C@@H]2C(=O)NC. The maximum atomic E-state index is 13.5. The first kappa shape index (κ1) is 21.8. The molecule has 5 rings (SSSR count). The molecule has 1 aromatic carbocycles. The molecule has 11 heteroatoms. The van der Waals surface area contributed by atoms with Gasteiger partial charge in [0.15, 0.2) is 0 Å². The number of carbonyl (C=O) groups is 3. The third kappa shape index (κ3) is 2.91. The van der Waals surface area contributed by atoms with Gasteiger partial charge in [0.25, 0.3) is 0 Å². The van der Waals surface area contributed by atoms with Crippen molar-refractivity contribution in [2.45, 2.75) is 50.1 Å². The second-order valence-corrected chi connectivity index (χ2v) is 8.98. The highest BCUT2D eigenvalue weighted by Crippen LogP contribution is 2.64. The Labute approximate surface area is 190 Å². The molecule has 1 aromatic heterocycles. The van der Waals surface area contributed by atoms with Crippen molar-refractivity contribution in [1.29, 1.82) is 0 Å². The van der Waals surface area contributed by atoms with Gasteiger partial charge < -0.3 is 25.4 Å². The molecule has 3 aliphatic heterocycles. The summed E-state index contributed by atoms with van der Waals surface area (Å²) in [5.74, 6) is -2.41. The molecule has 2 unspecified atom stereocenters. The lowest BCUT2D eigenvalue weighted by molar-refractivity contribution is -0.148. The zero-order valence-corrected chi connectivity index (χ0v) is 18.7. The smallest absolute Gasteiger partial charge is 0.247 e. The summed E-state index contributed by atoms with van der Waals surface area (Å²) in [5.41, 5.74) is -0.397. The molecule has 0 saturated carbocycles. The minimum atomic E-state index is -1.10. The maximum Gasteiger partial charge on any atom is 0.247 e. The van der Waals surface area contributed by atoms with Gasteiger partial charge in [0, 0.05) is 13.6 Å². The largest absolute Gasteiger partial charge is 0.395 e. The number of aromatic nitrogens is 3. The van der Waals surface area contributed by atoms with Crippen LogP contribution in [0.25, 0.3) is 11.0 Å². The van der Waals surface area contributed by atoms with Gasteiger partial charge in [-0.2, -0.15) is 0 Å². The number of hydrogen-bond donors (Lipinski definition) is 3. The van der Waals surface area contributed by atoms with E-state index in [0.29, 0.717) is 24.8 Å². The van der Waals surface area contributed by atoms with Crippen LogP contribution < -0.4 is 10.6 Å². The van der Waals surface area contributed by atoms with Gasteiger partial charge in [0.2, 0.25) is 17.7 Å². The monoisotopic (exact) mass is 456 g/mol. The van der Waals surface area contributed by atoms with E-state index in [2.05, 4.69) is 20.9 Å². The van der Waals surface area contributed by atoms with Crippen LogP contribution in [0.2, 0.25) is 0 Å². The molecule has 0 aliphatic carbocycles. The molecule has 11 nitrogen and oxygen atoms in total. The fourth-order valence-electron chi connectivity index (χ4n) is 6.20. The van der Waals surface area contributed by atoms with Crippen molar-refractivity contribution in [2.24, 2.45) is 11.8 Å². The molecular formula is C22H28N6O5. The Kier molecular flexibility index (Phi) is 5.13. The average Bonchev–Trinajstić information content (AvgIpc) is 3.55. The Bertz CT molecular complexity index is 1120. The number of benzene rings is 1. The third-order valence-electron chi connectivity index (χ3n) is 7.62. The van der Waals surface area contributed by atoms with Gasteiger partial charge in [0.1, 0.15) is 23.8 Å². The van der Waals surface area contributed by atoms with Crippen LogP contribution in [0.5, 0.6) is 0 Å². The molecule has 3 aliphatic rings. The van der Waals surface area contributed by atoms with Gasteiger partial charge in [0.05, 0.1) is 29.6 Å². The number of para-hydroxylation sites is 1. The zero-order chi connectivity index (χ0) is 23.4. The number of hydrogen-bond acceptors (Lipinski definition) is 7. The molecule has 0 radical (unpaired) electrons. The highest BCUT2D eigenvalue weighted by Gasteiger charge is 2.78. The van der Waals surface area contributed by atoms with E-state index in [4.69, 9.17) is 4.74 Å². The Morgan fingerprint density at radius 3 is 2.79 bits per heavy atom. The van der Waals surface area contributed by atoms with Crippen molar-refractivity contribution in [1.82, 2.24) is 30.5 Å². The topological polar surface area (TPSA) is 139 Å². The van der Waals surface area contributed by atoms with E-state index < -0.39 is 35.0 Å². The summed E-state index contributed by atoms with van der Waals surface area (Å²) >= 11 is 0. The molecule has 3 saturated heterocycles. The van der Waals surface area contributed by atoms with E-state index >= 15 is 0 Å². The van der Waals surface area contributed by atoms with Crippen molar-refractivity contribution in [3.63, 3.8) is 0 Å². The third-order valence-corrected chi connectivity index (χ3v) is 7.62. The summed E-state index contributed by atoms with van der Waals surface area (Å²) in [4.78, 5) is 41.3. The van der Waals surface area contributed by atoms with Crippen molar-refractivity contribution < 1.29 is 24.2 Å². The first-order chi connectivity index (χ1) is 15.9. The van der Waals surface area contributed by atoms with E-state index in [1.54, 1.807) is 11.7 Å². The van der Waals surface area contributed by atoms with Crippen LogP contribution in [0.3, 0.4) is 0 Å². The van der Waals surface area contributed by atoms with Gasteiger partial charge in [-0.15, -0.1) is 5.10 Å². The van der Waals surface area contributed by atoms with Crippen molar-refractivity contribution >= 4 is 28.8 Å². The number of rotatable bonds is 7. The van der Waals surface area contributed by atoms with E-state index in [1.807, 2.05) is 31.2 Å². The number of aliphatic hydroxyl groups excluding tert-OH is 1. The molecule has 3 fully saturated rings. The Balaban J connectivity index is 1.47. The molecule has 33 heavy (non-hydrogen) atoms. The first-order valence-electron chi connectivity index (χ1n) is 11.3. The van der Waals surface area contributed by atoms with E-state index in [9.17, 15) is 19.5 Å². The summed E-state index contributed by atoms with van der Waals surface area (Å²) < 4.78 is 8.12. The number of likely N-dealkylation sites (tertiary alicyclic amines) is 1. The summed E-state index contributed by atoms with van der Waals surface area (Å²) in [6, 6.07) is 6.46. The molecular weight excluding hydrogens is 428 g/mol. The molecule has 176 valence electrons. The number of amides is 3. The van der Waals surface area contributed by atoms with Crippen molar-refractivity contribution in [2.75, 3.05) is 20.2 Å². The minimum absolute atomic E-state index is 0.00955. The Hall–Kier alpha value is -3.05. The molecule has 2 aromatic rings. The van der Waals surface area contributed by atoms with Gasteiger partial charge in [-0.25, -0.2) is 4.68 Å². The van der Waals surface area contributed by atoms with E-state index in [-0.39, 0.29) is 31.6 Å². The van der Waals surface area contributed by atoms with Crippen LogP contribution in [-0.4, -0.2) is 80.2 Å². The summed E-state index contributed by atoms with van der Waals surface area (Å²) in [7, 11) is 1.54. The number of ether oxygens (including phenoxy) is 1. The second kappa shape index (κ2) is 7.77. The summed E-state index contributed by atoms with van der Waals surface area (Å²) in [6.07, 6.45) is 1.66. The standard InChI is InChI=1S/C22H28N6O5/c1-3-21-8-9-22(33-21)16(15(21)18(30)23-2)20(32)27(10-11-29)17(22)19(31)24-12-28-14-7-5-4-6-13(14)25-26-28/h4-7,15-17,29H,3,8-12H2,1-2H3,(H,23,30)(H,24,31)/t15-,16+,17?,21+,22?/m1/s1. The van der Waals surface area contributed by atoms with E-state index in [0.717, 1.165) is 5.52 Å². The number of nitrogens with one attached hydrogen (secondary N) is 2. The van der Waals surface area contributed by atoms with Crippen LogP contribution in [-0.2, 0) is 25.8 Å². The number of nitrogens with zero attached hydrogens (tertiary/aromatic N) is 4. The Morgan fingerprint density at radius 1 is 1.27 bits per heavy atom. The zero-order valence-electron chi connectivity index (χ0n) is 18.7. The average molecular weight is 457 g/mol. The summed E-state index contributed by atoms with van der Waals surface area (Å²) in [6.45, 7) is 1.70. The Morgan fingerprint density at radius 2 is 2.06 bits per heavy atom. The lowest BCUT2D eigenvalue weighted by Crippen LogP contribution is -2.55. The minimum Gasteiger partial charge on any atom is -0.395 e. The predicted molar refractivity (Wildman–Crippen MR) is 115 cm³/mol. The molecule has 5 atom stereocenters. The maximum absolute atomic E-state index is 13.5. The highest BCUT2D eigenvalue weighted by atomic mass is 16.5. The van der Waals surface area contributed by atoms with Gasteiger partial charge in [-0.3, -0.25) is 14.4 Å². The quantitative estimate of drug-likeness (QED) is 0.506. The van der Waals surface area contributed by atoms with Gasteiger partial charge in [-0.05, 0) is 31.4 Å². The van der Waals surface area contributed by atoms with Crippen LogP contribution in [0.4, 0.5) is 0 Å². The lowest BCUT2D eigenvalue weighted by atomic mass is 9.65. The van der Waals surface area contributed by atoms with E-state index in [1.165, 1.54) is 4.90 Å². The van der Waals surface area contributed by atoms with Crippen LogP contribution in [0.15, 0.2) is 24.3 Å². The number of β-amino-alcohol motifs (C(OH)–C–C–N with tert-alkyl or cyclic N) is 1. The van der Waals surface area contributed by atoms with Crippen molar-refractivity contribution in [3.05, 3.63) is 24.3 Å².